The van der Waals surface area contributed by atoms with Crippen molar-refractivity contribution in [1.29, 1.82) is 0 Å². The highest BCUT2D eigenvalue weighted by atomic mass is 16.7. The van der Waals surface area contributed by atoms with Gasteiger partial charge in [0, 0.05) is 23.8 Å². The van der Waals surface area contributed by atoms with Crippen molar-refractivity contribution in [3.63, 3.8) is 0 Å². The average Bonchev–Trinajstić information content (AvgIpc) is 3.39. The number of imide groups is 1. The van der Waals surface area contributed by atoms with Crippen molar-refractivity contribution in [2.45, 2.75) is 6.10 Å². The molecule has 28 heavy (non-hydrogen) atoms. The van der Waals surface area contributed by atoms with Crippen LogP contribution in [0.4, 0.5) is 11.4 Å². The third-order valence-electron chi connectivity index (χ3n) is 4.80. The number of non-ortho nitro benzene ring substituents is 1. The van der Waals surface area contributed by atoms with E-state index < -0.39 is 28.8 Å². The molecule has 0 unspecified atom stereocenters. The van der Waals surface area contributed by atoms with Crippen molar-refractivity contribution in [1.82, 2.24) is 0 Å². The number of anilines is 1. The lowest BCUT2D eigenvalue weighted by Crippen LogP contribution is -2.33. The number of fused-ring (bicyclic) bond motifs is 2. The highest BCUT2D eigenvalue weighted by Crippen LogP contribution is 2.40. The van der Waals surface area contributed by atoms with Gasteiger partial charge in [-0.1, -0.05) is 5.16 Å². The summed E-state index contributed by atoms with van der Waals surface area (Å²) in [4.78, 5) is 42.4. The lowest BCUT2D eigenvalue weighted by Gasteiger charge is -2.15. The molecule has 10 nitrogen and oxygen atoms in total. The molecule has 10 heteroatoms. The fourth-order valence-electron chi connectivity index (χ4n) is 3.45. The summed E-state index contributed by atoms with van der Waals surface area (Å²) in [5.41, 5.74) is 1.00. The Hall–Kier alpha value is -3.95. The van der Waals surface area contributed by atoms with Crippen LogP contribution in [-0.4, -0.2) is 35.3 Å². The van der Waals surface area contributed by atoms with Crippen LogP contribution in [0.15, 0.2) is 47.6 Å². The minimum absolute atomic E-state index is 0.0754. The zero-order valence-electron chi connectivity index (χ0n) is 14.1. The van der Waals surface area contributed by atoms with Crippen LogP contribution in [0, 0.1) is 16.0 Å². The van der Waals surface area contributed by atoms with E-state index in [0.29, 0.717) is 22.7 Å². The zero-order valence-corrected chi connectivity index (χ0v) is 14.1. The maximum absolute atomic E-state index is 13.0. The van der Waals surface area contributed by atoms with E-state index in [0.717, 1.165) is 4.90 Å². The number of nitrogens with zero attached hydrogens (tertiary/aromatic N) is 3. The number of hydrogen-bond acceptors (Lipinski definition) is 8. The third-order valence-corrected chi connectivity index (χ3v) is 4.80. The summed E-state index contributed by atoms with van der Waals surface area (Å²) < 4.78 is 10.5. The molecule has 1 fully saturated rings. The van der Waals surface area contributed by atoms with Crippen LogP contribution >= 0.6 is 0 Å². The smallest absolute Gasteiger partial charge is 0.278 e. The Kier molecular flexibility index (Phi) is 3.35. The molecule has 0 aromatic heterocycles. The van der Waals surface area contributed by atoms with Crippen LogP contribution in [0.3, 0.4) is 0 Å². The van der Waals surface area contributed by atoms with Crippen LogP contribution in [0.25, 0.3) is 0 Å². The van der Waals surface area contributed by atoms with Crippen molar-refractivity contribution >= 4 is 28.9 Å². The van der Waals surface area contributed by atoms with E-state index in [-0.39, 0.29) is 18.2 Å². The molecule has 140 valence electrons. The highest BCUT2D eigenvalue weighted by molar-refractivity contribution is 6.32. The fraction of sp³-hybridized carbons (Fsp3) is 0.167. The molecule has 0 saturated carbocycles. The zero-order chi connectivity index (χ0) is 19.4. The first-order chi connectivity index (χ1) is 13.5. The summed E-state index contributed by atoms with van der Waals surface area (Å²) in [5, 5.41) is 14.7. The molecule has 2 aromatic carbocycles. The Bertz CT molecular complexity index is 1060. The Morgan fingerprint density at radius 3 is 2.54 bits per heavy atom. The van der Waals surface area contributed by atoms with Gasteiger partial charge in [0.15, 0.2) is 11.5 Å². The molecule has 3 heterocycles. The topological polar surface area (TPSA) is 121 Å². The molecule has 0 radical (unpaired) electrons. The van der Waals surface area contributed by atoms with Crippen molar-refractivity contribution in [3.05, 3.63) is 58.1 Å². The first-order valence-electron chi connectivity index (χ1n) is 8.30. The SMILES string of the molecule is O=C1[C@H]2C(c3ccc([N+](=O)[O-])cc3)=NO[C@@H]2C(=O)N1c1ccc2c(c1)OCO2. The van der Waals surface area contributed by atoms with Crippen LogP contribution in [0.2, 0.25) is 0 Å². The average molecular weight is 381 g/mol. The van der Waals surface area contributed by atoms with Gasteiger partial charge in [-0.25, -0.2) is 4.90 Å². The molecule has 2 atom stereocenters. The van der Waals surface area contributed by atoms with Gasteiger partial charge in [0.05, 0.1) is 10.6 Å². The molecule has 2 amide bonds. The normalized spacial score (nSPS) is 22.1. The predicted octanol–water partition coefficient (Wildman–Crippen LogP) is 1.62. The second-order valence-electron chi connectivity index (χ2n) is 6.33. The van der Waals surface area contributed by atoms with Gasteiger partial charge >= 0.3 is 0 Å². The number of carbonyl (C=O) groups excluding carboxylic acids is 2. The molecule has 1 saturated heterocycles. The maximum atomic E-state index is 13.0. The Morgan fingerprint density at radius 2 is 1.79 bits per heavy atom. The number of rotatable bonds is 3. The summed E-state index contributed by atoms with van der Waals surface area (Å²) >= 11 is 0. The molecular weight excluding hydrogens is 370 g/mol. The summed E-state index contributed by atoms with van der Waals surface area (Å²) in [6.45, 7) is 0.0754. The Labute approximate surface area is 157 Å². The number of amides is 2. The van der Waals surface area contributed by atoms with E-state index in [1.807, 2.05) is 0 Å². The van der Waals surface area contributed by atoms with Gasteiger partial charge in [0.2, 0.25) is 18.8 Å². The first kappa shape index (κ1) is 16.2. The van der Waals surface area contributed by atoms with Gasteiger partial charge < -0.3 is 14.3 Å². The van der Waals surface area contributed by atoms with Crippen molar-refractivity contribution in [2.24, 2.45) is 11.1 Å². The van der Waals surface area contributed by atoms with Crippen LogP contribution < -0.4 is 14.4 Å². The van der Waals surface area contributed by atoms with Crippen molar-refractivity contribution in [2.75, 3.05) is 11.7 Å². The summed E-state index contributed by atoms with van der Waals surface area (Å²) in [7, 11) is 0. The van der Waals surface area contributed by atoms with Crippen LogP contribution in [0.1, 0.15) is 5.56 Å². The van der Waals surface area contributed by atoms with E-state index in [1.54, 1.807) is 18.2 Å². The fourth-order valence-corrected chi connectivity index (χ4v) is 3.45. The first-order valence-corrected chi connectivity index (χ1v) is 8.30. The molecule has 2 aromatic rings. The lowest BCUT2D eigenvalue weighted by atomic mass is 9.94. The molecule has 5 rings (SSSR count). The van der Waals surface area contributed by atoms with Crippen LogP contribution in [-0.2, 0) is 14.4 Å². The molecule has 3 aliphatic rings. The second kappa shape index (κ2) is 5.78. The van der Waals surface area contributed by atoms with E-state index in [1.165, 1.54) is 24.3 Å². The molecule has 0 aliphatic carbocycles. The summed E-state index contributed by atoms with van der Waals surface area (Å²) in [6.07, 6.45) is -1.07. The second-order valence-corrected chi connectivity index (χ2v) is 6.33. The largest absolute Gasteiger partial charge is 0.454 e. The molecule has 0 bridgehead atoms. The minimum atomic E-state index is -1.07. The van der Waals surface area contributed by atoms with Crippen molar-refractivity contribution < 1.29 is 28.8 Å². The predicted molar refractivity (Wildman–Crippen MR) is 93.1 cm³/mol. The molecule has 3 aliphatic heterocycles. The van der Waals surface area contributed by atoms with E-state index in [9.17, 15) is 19.7 Å². The molecule has 0 spiro atoms. The standard InChI is InChI=1S/C18H11N3O7/c22-17-14-15(9-1-3-10(4-2-9)21(24)25)19-28-16(14)18(23)20(17)11-5-6-12-13(7-11)27-8-26-12/h1-7,14,16H,8H2/t14-,16-/m0/s1. The van der Waals surface area contributed by atoms with E-state index in [4.69, 9.17) is 14.3 Å². The Morgan fingerprint density at radius 1 is 1.04 bits per heavy atom. The number of carbonyl (C=O) groups is 2. The van der Waals surface area contributed by atoms with Gasteiger partial charge in [-0.15, -0.1) is 0 Å². The minimum Gasteiger partial charge on any atom is -0.454 e. The van der Waals surface area contributed by atoms with Gasteiger partial charge in [0.25, 0.3) is 11.6 Å². The third kappa shape index (κ3) is 2.24. The maximum Gasteiger partial charge on any atom is 0.278 e. The Balaban J connectivity index is 1.47. The summed E-state index contributed by atoms with van der Waals surface area (Å²) in [6, 6.07) is 10.3. The number of hydrogen-bond donors (Lipinski definition) is 0. The molecular formula is C18H11N3O7. The van der Waals surface area contributed by atoms with Crippen LogP contribution in [0.5, 0.6) is 11.5 Å². The number of nitro benzene ring substituents is 1. The van der Waals surface area contributed by atoms with Gasteiger partial charge in [0.1, 0.15) is 11.6 Å². The monoisotopic (exact) mass is 381 g/mol. The van der Waals surface area contributed by atoms with E-state index >= 15 is 0 Å². The van der Waals surface area contributed by atoms with Crippen molar-refractivity contribution in [3.8, 4) is 11.5 Å². The lowest BCUT2D eigenvalue weighted by molar-refractivity contribution is -0.384. The number of benzene rings is 2. The number of oxime groups is 1. The molecule has 0 N–H and O–H groups in total. The number of ether oxygens (including phenoxy) is 2. The summed E-state index contributed by atoms with van der Waals surface area (Å²) in [5.74, 6) is -0.954. The van der Waals surface area contributed by atoms with E-state index in [2.05, 4.69) is 5.16 Å². The van der Waals surface area contributed by atoms with Gasteiger partial charge in [-0.05, 0) is 24.3 Å². The van der Waals surface area contributed by atoms with Gasteiger partial charge in [-0.3, -0.25) is 19.7 Å². The quantitative estimate of drug-likeness (QED) is 0.450. The van der Waals surface area contributed by atoms with Gasteiger partial charge in [-0.2, -0.15) is 0 Å². The highest BCUT2D eigenvalue weighted by Gasteiger charge is 2.56. The number of nitro groups is 1.